The van der Waals surface area contributed by atoms with Gasteiger partial charge < -0.3 is 26.0 Å². The molecule has 0 aliphatic carbocycles. The van der Waals surface area contributed by atoms with Crippen LogP contribution < -0.4 is 21.3 Å². The summed E-state index contributed by atoms with van der Waals surface area (Å²) in [5.74, 6) is 6.42. The third-order valence-electron chi connectivity index (χ3n) is 6.09. The summed E-state index contributed by atoms with van der Waals surface area (Å²) >= 11 is 6.44. The number of likely N-dealkylation sites (N-methyl/N-ethyl adjacent to an activating group) is 1. The Hall–Kier alpha value is -4.27. The van der Waals surface area contributed by atoms with Crippen LogP contribution in [0.4, 0.5) is 17.3 Å². The maximum Gasteiger partial charge on any atom is 0.255 e. The number of aromatic nitrogens is 4. The minimum atomic E-state index is -0.242. The number of methoxy groups -OCH3 is 1. The predicted octanol–water partition coefficient (Wildman–Crippen LogP) is 3.99. The molecule has 0 fully saturated rings. The van der Waals surface area contributed by atoms with Crippen molar-refractivity contribution >= 4 is 34.8 Å². The van der Waals surface area contributed by atoms with E-state index in [4.69, 9.17) is 16.3 Å². The number of amides is 1. The molecule has 0 aliphatic heterocycles. The van der Waals surface area contributed by atoms with Crippen molar-refractivity contribution in [2.24, 2.45) is 0 Å². The summed E-state index contributed by atoms with van der Waals surface area (Å²) in [6.45, 7) is 5.55. The predicted molar refractivity (Wildman–Crippen MR) is 162 cm³/mol. The highest BCUT2D eigenvalue weighted by molar-refractivity contribution is 6.31. The van der Waals surface area contributed by atoms with Gasteiger partial charge in [0.1, 0.15) is 0 Å². The molecule has 11 heteroatoms. The van der Waals surface area contributed by atoms with Gasteiger partial charge in [-0.15, -0.1) is 0 Å². The van der Waals surface area contributed by atoms with E-state index in [-0.39, 0.29) is 5.91 Å². The van der Waals surface area contributed by atoms with Gasteiger partial charge in [-0.1, -0.05) is 35.6 Å². The zero-order valence-electron chi connectivity index (χ0n) is 23.3. The number of aryl methyl sites for hydroxylation is 1. The first-order valence-electron chi connectivity index (χ1n) is 13.1. The van der Waals surface area contributed by atoms with Crippen LogP contribution in [-0.4, -0.2) is 59.5 Å². The Labute approximate surface area is 244 Å². The monoisotopic (exact) mass is 572 g/mol. The Morgan fingerprint density at radius 2 is 1.88 bits per heavy atom. The summed E-state index contributed by atoms with van der Waals surface area (Å²) in [6, 6.07) is 10.9. The van der Waals surface area contributed by atoms with Gasteiger partial charge in [-0.3, -0.25) is 9.48 Å². The third kappa shape index (κ3) is 8.86. The summed E-state index contributed by atoms with van der Waals surface area (Å²) in [5, 5.41) is 17.3. The molecular formula is C30H33ClN8O2. The molecular weight excluding hydrogens is 540 g/mol. The largest absolute Gasteiger partial charge is 0.383 e. The van der Waals surface area contributed by atoms with Crippen molar-refractivity contribution in [1.29, 1.82) is 0 Å². The first kappa shape index (κ1) is 29.7. The Morgan fingerprint density at radius 1 is 1.05 bits per heavy atom. The highest BCUT2D eigenvalue weighted by Crippen LogP contribution is 2.22. The van der Waals surface area contributed by atoms with E-state index in [0.29, 0.717) is 47.5 Å². The van der Waals surface area contributed by atoms with Crippen LogP contribution in [0.1, 0.15) is 32.6 Å². The second kappa shape index (κ2) is 14.9. The SMILES string of the molecule is CNCCNCc1ccc(NC(=O)c2ccc(C)c(C#Cc3cnc(Nc4cnn(CCOC)c4)nc3)c2)cc1Cl. The minimum Gasteiger partial charge on any atom is -0.383 e. The quantitative estimate of drug-likeness (QED) is 0.149. The molecule has 2 aromatic heterocycles. The van der Waals surface area contributed by atoms with Crippen LogP contribution in [0.25, 0.3) is 0 Å². The normalized spacial score (nSPS) is 10.6. The molecule has 0 spiro atoms. The van der Waals surface area contributed by atoms with Crippen LogP contribution in [0.15, 0.2) is 61.2 Å². The summed E-state index contributed by atoms with van der Waals surface area (Å²) in [5.41, 5.74) is 5.21. The lowest BCUT2D eigenvalue weighted by atomic mass is 10.0. The molecule has 4 rings (SSSR count). The molecule has 4 N–H and O–H groups in total. The van der Waals surface area contributed by atoms with E-state index in [2.05, 4.69) is 48.2 Å². The fraction of sp³-hybridized carbons (Fsp3) is 0.267. The van der Waals surface area contributed by atoms with Gasteiger partial charge in [-0.05, 0) is 49.4 Å². The van der Waals surface area contributed by atoms with Crippen LogP contribution in [0.2, 0.25) is 5.02 Å². The molecule has 41 heavy (non-hydrogen) atoms. The van der Waals surface area contributed by atoms with Crippen molar-refractivity contribution in [1.82, 2.24) is 30.4 Å². The van der Waals surface area contributed by atoms with Crippen molar-refractivity contribution in [3.63, 3.8) is 0 Å². The number of ether oxygens (including phenoxy) is 1. The van der Waals surface area contributed by atoms with Crippen molar-refractivity contribution in [2.75, 3.05) is 44.5 Å². The molecule has 0 radical (unpaired) electrons. The van der Waals surface area contributed by atoms with E-state index in [1.165, 1.54) is 0 Å². The van der Waals surface area contributed by atoms with Crippen LogP contribution in [0, 0.1) is 18.8 Å². The van der Waals surface area contributed by atoms with Gasteiger partial charge in [0.15, 0.2) is 0 Å². The van der Waals surface area contributed by atoms with Crippen LogP contribution in [-0.2, 0) is 17.8 Å². The second-order valence-corrected chi connectivity index (χ2v) is 9.63. The molecule has 1 amide bonds. The topological polar surface area (TPSA) is 118 Å². The van der Waals surface area contributed by atoms with Gasteiger partial charge in [-0.25, -0.2) is 9.97 Å². The fourth-order valence-electron chi connectivity index (χ4n) is 3.77. The Kier molecular flexibility index (Phi) is 10.8. The Bertz CT molecular complexity index is 1530. The standard InChI is InChI=1S/C30H33ClN8O2/c1-21-4-6-24(29(40)37-26-9-8-25(28(31)15-26)18-33-11-10-32-2)14-23(21)7-5-22-16-34-30(35-17-22)38-27-19-36-39(20-27)12-13-41-3/h4,6,8-9,14-17,19-20,32-33H,10-13,18H2,1-3H3,(H,37,40)(H,34,35,38). The van der Waals surface area contributed by atoms with Crippen LogP contribution in [0.5, 0.6) is 0 Å². The van der Waals surface area contributed by atoms with Gasteiger partial charge in [-0.2, -0.15) is 5.10 Å². The number of nitrogens with zero attached hydrogens (tertiary/aromatic N) is 4. The second-order valence-electron chi connectivity index (χ2n) is 9.23. The molecule has 0 saturated carbocycles. The number of benzene rings is 2. The molecule has 2 heterocycles. The van der Waals surface area contributed by atoms with E-state index in [1.807, 2.05) is 38.4 Å². The maximum atomic E-state index is 13.0. The zero-order valence-corrected chi connectivity index (χ0v) is 24.0. The summed E-state index contributed by atoms with van der Waals surface area (Å²) in [6.07, 6.45) is 6.85. The van der Waals surface area contributed by atoms with Gasteiger partial charge >= 0.3 is 0 Å². The van der Waals surface area contributed by atoms with Gasteiger partial charge in [0.05, 0.1) is 30.6 Å². The molecule has 0 unspecified atom stereocenters. The molecule has 0 atom stereocenters. The number of nitrogens with one attached hydrogen (secondary N) is 4. The van der Waals surface area contributed by atoms with Crippen LogP contribution in [0.3, 0.4) is 0 Å². The van der Waals surface area contributed by atoms with Crippen molar-refractivity contribution < 1.29 is 9.53 Å². The number of halogens is 1. The van der Waals surface area contributed by atoms with Crippen molar-refractivity contribution in [3.8, 4) is 11.8 Å². The molecule has 212 valence electrons. The lowest BCUT2D eigenvalue weighted by Gasteiger charge is -2.10. The number of hydrogen-bond acceptors (Lipinski definition) is 8. The minimum absolute atomic E-state index is 0.242. The number of hydrogen-bond donors (Lipinski definition) is 4. The van der Waals surface area contributed by atoms with E-state index >= 15 is 0 Å². The van der Waals surface area contributed by atoms with Crippen molar-refractivity contribution in [2.45, 2.75) is 20.0 Å². The number of carbonyl (C=O) groups excluding carboxylic acids is 1. The van der Waals surface area contributed by atoms with Gasteiger partial charge in [0, 0.05) is 67.2 Å². The molecule has 0 aliphatic rings. The average Bonchev–Trinajstić information content (AvgIpc) is 3.42. The molecule has 2 aromatic carbocycles. The molecule has 10 nitrogen and oxygen atoms in total. The summed E-state index contributed by atoms with van der Waals surface area (Å²) in [7, 11) is 3.56. The lowest BCUT2D eigenvalue weighted by Crippen LogP contribution is -2.24. The van der Waals surface area contributed by atoms with E-state index in [1.54, 1.807) is 48.6 Å². The fourth-order valence-corrected chi connectivity index (χ4v) is 4.01. The van der Waals surface area contributed by atoms with Gasteiger partial charge in [0.2, 0.25) is 5.95 Å². The summed E-state index contributed by atoms with van der Waals surface area (Å²) in [4.78, 5) is 21.7. The number of anilines is 3. The third-order valence-corrected chi connectivity index (χ3v) is 6.44. The first-order chi connectivity index (χ1) is 19.9. The summed E-state index contributed by atoms with van der Waals surface area (Å²) < 4.78 is 6.84. The first-order valence-corrected chi connectivity index (χ1v) is 13.5. The molecule has 0 bridgehead atoms. The smallest absolute Gasteiger partial charge is 0.255 e. The Balaban J connectivity index is 1.37. The average molecular weight is 573 g/mol. The maximum absolute atomic E-state index is 13.0. The van der Waals surface area contributed by atoms with E-state index in [0.717, 1.165) is 35.5 Å². The van der Waals surface area contributed by atoms with Crippen molar-refractivity contribution in [3.05, 3.63) is 94.0 Å². The Morgan fingerprint density at radius 3 is 2.63 bits per heavy atom. The van der Waals surface area contributed by atoms with Gasteiger partial charge in [0.25, 0.3) is 5.91 Å². The highest BCUT2D eigenvalue weighted by Gasteiger charge is 2.10. The highest BCUT2D eigenvalue weighted by atomic mass is 35.5. The molecule has 0 saturated heterocycles. The number of carbonyl (C=O) groups is 1. The van der Waals surface area contributed by atoms with E-state index < -0.39 is 0 Å². The lowest BCUT2D eigenvalue weighted by molar-refractivity contribution is 0.102. The van der Waals surface area contributed by atoms with Crippen LogP contribution >= 0.6 is 11.6 Å². The molecule has 4 aromatic rings. The number of rotatable bonds is 12. The van der Waals surface area contributed by atoms with E-state index in [9.17, 15) is 4.79 Å². The zero-order chi connectivity index (χ0) is 29.0.